The second kappa shape index (κ2) is 10.8. The van der Waals surface area contributed by atoms with E-state index in [4.69, 9.17) is 32.7 Å². The Morgan fingerprint density at radius 1 is 1.08 bits per heavy atom. The standard InChI is InChI=1S/C27H25Cl2N3O4/c28-21-5-2-6-24(26(21)29)35-16-17-3-1-4-20(13-17)36-19-9-11-32(12-10-19)15-25-30-22-8-7-18(27(33)34)14-23(22)31-25/h1-8,13-14,19H,9-12,15-16H2,(H,30,31)(H,33,34). The highest BCUT2D eigenvalue weighted by atomic mass is 35.5. The highest BCUT2D eigenvalue weighted by Crippen LogP contribution is 2.32. The van der Waals surface area contributed by atoms with Gasteiger partial charge in [-0.05, 0) is 60.9 Å². The molecular weight excluding hydrogens is 501 g/mol. The third-order valence-corrected chi connectivity index (χ3v) is 7.00. The van der Waals surface area contributed by atoms with Gasteiger partial charge in [0, 0.05) is 13.1 Å². The average molecular weight is 526 g/mol. The van der Waals surface area contributed by atoms with Crippen molar-refractivity contribution in [1.82, 2.24) is 14.9 Å². The summed E-state index contributed by atoms with van der Waals surface area (Å²) in [6, 6.07) is 18.2. The van der Waals surface area contributed by atoms with Crippen LogP contribution < -0.4 is 9.47 Å². The number of aromatic carboxylic acids is 1. The van der Waals surface area contributed by atoms with Gasteiger partial charge < -0.3 is 19.6 Å². The lowest BCUT2D eigenvalue weighted by atomic mass is 10.1. The SMILES string of the molecule is O=C(O)c1ccc2nc(CN3CCC(Oc4cccc(COc5cccc(Cl)c5Cl)c4)CC3)[nH]c2c1. The Morgan fingerprint density at radius 2 is 1.89 bits per heavy atom. The van der Waals surface area contributed by atoms with Crippen molar-refractivity contribution in [2.75, 3.05) is 13.1 Å². The van der Waals surface area contributed by atoms with Gasteiger partial charge in [-0.15, -0.1) is 0 Å². The van der Waals surface area contributed by atoms with E-state index in [1.165, 1.54) is 0 Å². The number of fused-ring (bicyclic) bond motifs is 1. The van der Waals surface area contributed by atoms with Gasteiger partial charge in [0.15, 0.2) is 0 Å². The zero-order valence-electron chi connectivity index (χ0n) is 19.4. The number of hydrogen-bond acceptors (Lipinski definition) is 5. The van der Waals surface area contributed by atoms with E-state index in [0.717, 1.165) is 54.1 Å². The number of carbonyl (C=O) groups is 1. The Hall–Kier alpha value is -3.26. The molecule has 4 aromatic rings. The van der Waals surface area contributed by atoms with E-state index in [1.54, 1.807) is 36.4 Å². The number of rotatable bonds is 8. The van der Waals surface area contributed by atoms with Crippen molar-refractivity contribution in [1.29, 1.82) is 0 Å². The molecule has 186 valence electrons. The number of carboxylic acid groups (broad SMARTS) is 1. The molecular formula is C27H25Cl2N3O4. The fraction of sp³-hybridized carbons (Fsp3) is 0.259. The van der Waals surface area contributed by atoms with Crippen LogP contribution in [0.1, 0.15) is 34.6 Å². The van der Waals surface area contributed by atoms with Gasteiger partial charge in [0.05, 0.1) is 28.2 Å². The van der Waals surface area contributed by atoms with Crippen molar-refractivity contribution in [3.63, 3.8) is 0 Å². The monoisotopic (exact) mass is 525 g/mol. The summed E-state index contributed by atoms with van der Waals surface area (Å²) in [4.78, 5) is 21.4. The van der Waals surface area contributed by atoms with Crippen molar-refractivity contribution >= 4 is 40.2 Å². The molecule has 1 fully saturated rings. The molecule has 0 atom stereocenters. The van der Waals surface area contributed by atoms with E-state index in [0.29, 0.717) is 28.9 Å². The van der Waals surface area contributed by atoms with Crippen LogP contribution in [0, 0.1) is 0 Å². The summed E-state index contributed by atoms with van der Waals surface area (Å²) in [6.07, 6.45) is 1.94. The lowest BCUT2D eigenvalue weighted by molar-refractivity contribution is 0.0697. The second-order valence-electron chi connectivity index (χ2n) is 8.80. The minimum atomic E-state index is -0.946. The minimum Gasteiger partial charge on any atom is -0.490 e. The maximum Gasteiger partial charge on any atom is 0.335 e. The summed E-state index contributed by atoms with van der Waals surface area (Å²) in [5.74, 6) is 1.26. The number of aromatic amines is 1. The van der Waals surface area contributed by atoms with Gasteiger partial charge >= 0.3 is 5.97 Å². The number of halogens is 2. The van der Waals surface area contributed by atoms with Crippen LogP contribution in [0.15, 0.2) is 60.7 Å². The second-order valence-corrected chi connectivity index (χ2v) is 9.59. The molecule has 5 rings (SSSR count). The molecule has 1 saturated heterocycles. The van der Waals surface area contributed by atoms with E-state index in [9.17, 15) is 9.90 Å². The number of nitrogens with zero attached hydrogens (tertiary/aromatic N) is 2. The lowest BCUT2D eigenvalue weighted by Gasteiger charge is -2.31. The Morgan fingerprint density at radius 3 is 2.69 bits per heavy atom. The molecule has 0 bridgehead atoms. The normalized spacial score (nSPS) is 14.7. The van der Waals surface area contributed by atoms with Crippen LogP contribution in [0.2, 0.25) is 10.0 Å². The highest BCUT2D eigenvalue weighted by Gasteiger charge is 2.22. The van der Waals surface area contributed by atoms with E-state index in [-0.39, 0.29) is 11.7 Å². The van der Waals surface area contributed by atoms with Crippen molar-refractivity contribution in [2.24, 2.45) is 0 Å². The molecule has 0 amide bonds. The first-order valence-corrected chi connectivity index (χ1v) is 12.5. The van der Waals surface area contributed by atoms with Crippen molar-refractivity contribution in [3.05, 3.63) is 87.7 Å². The highest BCUT2D eigenvalue weighted by molar-refractivity contribution is 6.42. The summed E-state index contributed by atoms with van der Waals surface area (Å²) in [6.45, 7) is 2.82. The van der Waals surface area contributed by atoms with Crippen LogP contribution in [-0.2, 0) is 13.2 Å². The molecule has 1 aliphatic heterocycles. The molecule has 2 N–H and O–H groups in total. The van der Waals surface area contributed by atoms with Crippen molar-refractivity contribution in [3.8, 4) is 11.5 Å². The quantitative estimate of drug-likeness (QED) is 0.285. The summed E-state index contributed by atoms with van der Waals surface area (Å²) < 4.78 is 12.1. The number of piperidine rings is 1. The van der Waals surface area contributed by atoms with Gasteiger partial charge in [-0.1, -0.05) is 41.4 Å². The molecule has 2 heterocycles. The molecule has 36 heavy (non-hydrogen) atoms. The molecule has 0 saturated carbocycles. The molecule has 0 spiro atoms. The van der Waals surface area contributed by atoms with Gasteiger partial charge in [0.2, 0.25) is 0 Å². The average Bonchev–Trinajstić information content (AvgIpc) is 3.28. The van der Waals surface area contributed by atoms with Crippen LogP contribution in [-0.4, -0.2) is 45.1 Å². The van der Waals surface area contributed by atoms with Gasteiger partial charge in [-0.2, -0.15) is 0 Å². The third kappa shape index (κ3) is 5.75. The molecule has 1 aromatic heterocycles. The summed E-state index contributed by atoms with van der Waals surface area (Å²) in [7, 11) is 0. The van der Waals surface area contributed by atoms with Gasteiger partial charge in [0.25, 0.3) is 0 Å². The fourth-order valence-corrected chi connectivity index (χ4v) is 4.67. The molecule has 1 aliphatic rings. The van der Waals surface area contributed by atoms with Crippen LogP contribution in [0.4, 0.5) is 0 Å². The minimum absolute atomic E-state index is 0.133. The third-order valence-electron chi connectivity index (χ3n) is 6.20. The molecule has 3 aromatic carbocycles. The first kappa shape index (κ1) is 24.4. The zero-order valence-corrected chi connectivity index (χ0v) is 20.9. The summed E-state index contributed by atoms with van der Waals surface area (Å²) >= 11 is 12.3. The van der Waals surface area contributed by atoms with Gasteiger partial charge in [0.1, 0.15) is 35.1 Å². The maximum atomic E-state index is 11.2. The first-order chi connectivity index (χ1) is 17.4. The van der Waals surface area contributed by atoms with E-state index in [1.807, 2.05) is 24.3 Å². The number of imidazole rings is 1. The lowest BCUT2D eigenvalue weighted by Crippen LogP contribution is -2.38. The van der Waals surface area contributed by atoms with Crippen molar-refractivity contribution < 1.29 is 19.4 Å². The van der Waals surface area contributed by atoms with E-state index >= 15 is 0 Å². The number of nitrogens with one attached hydrogen (secondary N) is 1. The van der Waals surface area contributed by atoms with E-state index in [2.05, 4.69) is 14.9 Å². The number of H-pyrrole nitrogens is 1. The van der Waals surface area contributed by atoms with Crippen LogP contribution in [0.5, 0.6) is 11.5 Å². The maximum absolute atomic E-state index is 11.2. The molecule has 0 unspecified atom stereocenters. The van der Waals surface area contributed by atoms with E-state index < -0.39 is 5.97 Å². The Bertz CT molecular complexity index is 1380. The first-order valence-electron chi connectivity index (χ1n) is 11.7. The number of ether oxygens (including phenoxy) is 2. The largest absolute Gasteiger partial charge is 0.490 e. The smallest absolute Gasteiger partial charge is 0.335 e. The molecule has 7 nitrogen and oxygen atoms in total. The molecule has 0 radical (unpaired) electrons. The fourth-order valence-electron chi connectivity index (χ4n) is 4.33. The molecule has 0 aliphatic carbocycles. The Kier molecular flexibility index (Phi) is 7.32. The summed E-state index contributed by atoms with van der Waals surface area (Å²) in [5.41, 5.74) is 2.75. The summed E-state index contributed by atoms with van der Waals surface area (Å²) in [5, 5.41) is 10.1. The van der Waals surface area contributed by atoms with Crippen LogP contribution in [0.25, 0.3) is 11.0 Å². The zero-order chi connectivity index (χ0) is 25.1. The van der Waals surface area contributed by atoms with Gasteiger partial charge in [-0.3, -0.25) is 4.90 Å². The Labute approximate surface area is 218 Å². The number of likely N-dealkylation sites (tertiary alicyclic amines) is 1. The van der Waals surface area contributed by atoms with Crippen LogP contribution in [0.3, 0.4) is 0 Å². The van der Waals surface area contributed by atoms with Crippen molar-refractivity contribution in [2.45, 2.75) is 32.1 Å². The predicted octanol–water partition coefficient (Wildman–Crippen LogP) is 6.19. The topological polar surface area (TPSA) is 87.7 Å². The number of carboxylic acids is 1. The van der Waals surface area contributed by atoms with Crippen LogP contribution >= 0.6 is 23.2 Å². The molecule has 9 heteroatoms. The number of benzene rings is 3. The number of aromatic nitrogens is 2. The predicted molar refractivity (Wildman–Crippen MR) is 139 cm³/mol. The van der Waals surface area contributed by atoms with Gasteiger partial charge in [-0.25, -0.2) is 9.78 Å². The Balaban J connectivity index is 1.13. The number of hydrogen-bond donors (Lipinski definition) is 2.